The van der Waals surface area contributed by atoms with Crippen molar-refractivity contribution in [3.63, 3.8) is 0 Å². The predicted molar refractivity (Wildman–Crippen MR) is 121 cm³/mol. The van der Waals surface area contributed by atoms with Gasteiger partial charge in [-0.2, -0.15) is 0 Å². The van der Waals surface area contributed by atoms with Crippen LogP contribution in [-0.4, -0.2) is 61.1 Å². The number of rotatable bonds is 7. The van der Waals surface area contributed by atoms with E-state index in [1.807, 2.05) is 24.3 Å². The molecule has 0 amide bonds. The van der Waals surface area contributed by atoms with Crippen LogP contribution in [0.5, 0.6) is 17.2 Å². The summed E-state index contributed by atoms with van der Waals surface area (Å²) in [5, 5.41) is 0. The second kappa shape index (κ2) is 9.00. The average Bonchev–Trinajstić information content (AvgIpc) is 3.33. The van der Waals surface area contributed by atoms with Crippen molar-refractivity contribution in [1.29, 1.82) is 0 Å². The minimum Gasteiger partial charge on any atom is -0.491 e. The van der Waals surface area contributed by atoms with Gasteiger partial charge in [0, 0.05) is 24.9 Å². The van der Waals surface area contributed by atoms with E-state index in [1.54, 1.807) is 13.3 Å². The van der Waals surface area contributed by atoms with Gasteiger partial charge in [0.25, 0.3) is 0 Å². The third-order valence-electron chi connectivity index (χ3n) is 5.75. The first-order valence-electron chi connectivity index (χ1n) is 10.9. The zero-order valence-electron chi connectivity index (χ0n) is 18.1. The zero-order valence-corrected chi connectivity index (χ0v) is 18.1. The van der Waals surface area contributed by atoms with Crippen LogP contribution >= 0.6 is 0 Å². The number of hydrogen-bond acceptors (Lipinski definition) is 8. The van der Waals surface area contributed by atoms with E-state index >= 15 is 0 Å². The maximum Gasteiger partial charge on any atom is 0.187 e. The topological polar surface area (TPSA) is 77.8 Å². The summed E-state index contributed by atoms with van der Waals surface area (Å²) in [6, 6.07) is 7.58. The maximum absolute atomic E-state index is 6.12. The van der Waals surface area contributed by atoms with Gasteiger partial charge in [0.1, 0.15) is 23.8 Å². The van der Waals surface area contributed by atoms with Crippen LogP contribution in [0.4, 0.5) is 5.69 Å². The van der Waals surface area contributed by atoms with E-state index < -0.39 is 0 Å². The van der Waals surface area contributed by atoms with Crippen molar-refractivity contribution in [1.82, 2.24) is 9.88 Å². The monoisotopic (exact) mass is 434 g/mol. The van der Waals surface area contributed by atoms with E-state index in [9.17, 15) is 0 Å². The lowest BCUT2D eigenvalue weighted by molar-refractivity contribution is -0.0114. The van der Waals surface area contributed by atoms with Crippen LogP contribution in [0, 0.1) is 0 Å². The number of nitrogens with zero attached hydrogens (tertiary/aromatic N) is 4. The molecule has 1 saturated heterocycles. The van der Waals surface area contributed by atoms with E-state index in [-0.39, 0.29) is 6.10 Å². The SMILES string of the molecule is C=COc1cccnc1C1=Nc2c(ccc(OCC3CCCCO3)c2OC)C2=NCCN21. The van der Waals surface area contributed by atoms with Crippen molar-refractivity contribution < 1.29 is 18.9 Å². The van der Waals surface area contributed by atoms with Crippen molar-refractivity contribution in [3.8, 4) is 17.2 Å². The van der Waals surface area contributed by atoms with Crippen molar-refractivity contribution in [2.75, 3.05) is 33.4 Å². The fourth-order valence-corrected chi connectivity index (χ4v) is 4.25. The second-order valence-electron chi connectivity index (χ2n) is 7.72. The standard InChI is InChI=1S/C24H26N4O4/c1-3-30-18-8-6-11-25-21(18)24-27-20-17(23-26-12-13-28(23)24)9-10-19(22(20)29-2)32-15-16-7-4-5-14-31-16/h3,6,8-11,16H,1,4-5,7,12-15H2,2H3. The Labute approximate surface area is 187 Å². The summed E-state index contributed by atoms with van der Waals surface area (Å²) < 4.78 is 23.3. The molecule has 4 heterocycles. The molecule has 1 unspecified atom stereocenters. The van der Waals surface area contributed by atoms with Crippen LogP contribution in [0.2, 0.25) is 0 Å². The number of fused-ring (bicyclic) bond motifs is 3. The Kier molecular flexibility index (Phi) is 5.77. The molecule has 1 aromatic heterocycles. The second-order valence-corrected chi connectivity index (χ2v) is 7.72. The third kappa shape index (κ3) is 3.71. The van der Waals surface area contributed by atoms with Crippen LogP contribution < -0.4 is 14.2 Å². The molecule has 8 nitrogen and oxygen atoms in total. The molecule has 5 rings (SSSR count). The summed E-state index contributed by atoms with van der Waals surface area (Å²) >= 11 is 0. The normalized spacial score (nSPS) is 19.4. The number of benzene rings is 1. The number of methoxy groups -OCH3 is 1. The average molecular weight is 434 g/mol. The van der Waals surface area contributed by atoms with Gasteiger partial charge in [-0.1, -0.05) is 6.58 Å². The van der Waals surface area contributed by atoms with E-state index in [2.05, 4.69) is 16.5 Å². The van der Waals surface area contributed by atoms with Crippen molar-refractivity contribution in [2.24, 2.45) is 9.98 Å². The highest BCUT2D eigenvalue weighted by molar-refractivity contribution is 6.21. The molecule has 1 fully saturated rings. The maximum atomic E-state index is 6.12. The Balaban J connectivity index is 1.55. The molecule has 8 heteroatoms. The first kappa shape index (κ1) is 20.5. The van der Waals surface area contributed by atoms with Crippen molar-refractivity contribution in [3.05, 3.63) is 54.6 Å². The molecule has 0 N–H and O–H groups in total. The number of amidine groups is 2. The number of hydrogen-bond donors (Lipinski definition) is 0. The van der Waals surface area contributed by atoms with Gasteiger partial charge in [-0.15, -0.1) is 0 Å². The van der Waals surface area contributed by atoms with Gasteiger partial charge in [0.05, 0.1) is 26.0 Å². The highest BCUT2D eigenvalue weighted by Crippen LogP contribution is 2.44. The van der Waals surface area contributed by atoms with Crippen LogP contribution in [0.25, 0.3) is 0 Å². The fraction of sp³-hybridized carbons (Fsp3) is 0.375. The Bertz CT molecular complexity index is 1080. The molecule has 0 spiro atoms. The molecule has 0 aliphatic carbocycles. The highest BCUT2D eigenvalue weighted by Gasteiger charge is 2.34. The Morgan fingerprint density at radius 2 is 2.16 bits per heavy atom. The van der Waals surface area contributed by atoms with E-state index in [1.165, 1.54) is 6.26 Å². The van der Waals surface area contributed by atoms with Crippen LogP contribution in [0.3, 0.4) is 0 Å². The molecule has 0 saturated carbocycles. The number of pyridine rings is 1. The van der Waals surface area contributed by atoms with Gasteiger partial charge in [-0.3, -0.25) is 4.99 Å². The number of aromatic nitrogens is 1. The predicted octanol–water partition coefficient (Wildman–Crippen LogP) is 3.71. The molecule has 1 atom stereocenters. The summed E-state index contributed by atoms with van der Waals surface area (Å²) in [6.45, 7) is 6.34. The van der Waals surface area contributed by atoms with Crippen molar-refractivity contribution in [2.45, 2.75) is 25.4 Å². The molecule has 166 valence electrons. The lowest BCUT2D eigenvalue weighted by Gasteiger charge is -2.29. The van der Waals surface area contributed by atoms with Gasteiger partial charge < -0.3 is 23.8 Å². The van der Waals surface area contributed by atoms with Gasteiger partial charge in [0.2, 0.25) is 0 Å². The molecule has 32 heavy (non-hydrogen) atoms. The number of ether oxygens (including phenoxy) is 4. The lowest BCUT2D eigenvalue weighted by Crippen LogP contribution is -2.38. The van der Waals surface area contributed by atoms with E-state index in [4.69, 9.17) is 28.9 Å². The summed E-state index contributed by atoms with van der Waals surface area (Å²) in [7, 11) is 1.63. The first-order chi connectivity index (χ1) is 15.8. The van der Waals surface area contributed by atoms with E-state index in [0.717, 1.165) is 43.8 Å². The van der Waals surface area contributed by atoms with Gasteiger partial charge in [-0.25, -0.2) is 9.98 Å². The summed E-state index contributed by atoms with van der Waals surface area (Å²) in [5.41, 5.74) is 2.21. The summed E-state index contributed by atoms with van der Waals surface area (Å²) in [6.07, 6.45) is 6.49. The smallest absolute Gasteiger partial charge is 0.187 e. The first-order valence-corrected chi connectivity index (χ1v) is 10.9. The third-order valence-corrected chi connectivity index (χ3v) is 5.75. The van der Waals surface area contributed by atoms with Crippen molar-refractivity contribution >= 4 is 17.4 Å². The van der Waals surface area contributed by atoms with Crippen LogP contribution in [0.1, 0.15) is 30.5 Å². The minimum absolute atomic E-state index is 0.102. The Hall–Kier alpha value is -3.39. The fourth-order valence-electron chi connectivity index (χ4n) is 4.25. The highest BCUT2D eigenvalue weighted by atomic mass is 16.5. The van der Waals surface area contributed by atoms with Gasteiger partial charge in [-0.05, 0) is 43.5 Å². The van der Waals surface area contributed by atoms with Gasteiger partial charge >= 0.3 is 0 Å². The largest absolute Gasteiger partial charge is 0.491 e. The Morgan fingerprint density at radius 3 is 2.97 bits per heavy atom. The molecular weight excluding hydrogens is 408 g/mol. The summed E-state index contributed by atoms with van der Waals surface area (Å²) in [4.78, 5) is 16.3. The van der Waals surface area contributed by atoms with E-state index in [0.29, 0.717) is 47.6 Å². The minimum atomic E-state index is 0.102. The lowest BCUT2D eigenvalue weighted by atomic mass is 10.1. The summed E-state index contributed by atoms with van der Waals surface area (Å²) in [5.74, 6) is 3.31. The van der Waals surface area contributed by atoms with Crippen LogP contribution in [0.15, 0.2) is 53.3 Å². The molecular formula is C24H26N4O4. The molecule has 0 bridgehead atoms. The molecule has 1 aromatic carbocycles. The van der Waals surface area contributed by atoms with Gasteiger partial charge in [0.15, 0.2) is 23.1 Å². The Morgan fingerprint density at radius 1 is 1.22 bits per heavy atom. The zero-order chi connectivity index (χ0) is 21.9. The quantitative estimate of drug-likeness (QED) is 0.618. The molecule has 3 aliphatic heterocycles. The van der Waals surface area contributed by atoms with Crippen LogP contribution in [-0.2, 0) is 4.74 Å². The molecule has 2 aromatic rings. The molecule has 3 aliphatic rings. The number of aliphatic imine (C=N–C) groups is 2. The molecule has 0 radical (unpaired) electrons.